The zero-order valence-electron chi connectivity index (χ0n) is 15.4. The summed E-state index contributed by atoms with van der Waals surface area (Å²) in [5.74, 6) is -2.69. The number of aromatic nitrogens is 2. The number of carbonyl (C=O) groups is 2. The van der Waals surface area contributed by atoms with Crippen LogP contribution in [0.2, 0.25) is 0 Å². The molecule has 0 aliphatic heterocycles. The number of amides is 2. The highest BCUT2D eigenvalue weighted by atomic mass is 19.4. The maximum Gasteiger partial charge on any atom is 0.425 e. The predicted octanol–water partition coefficient (Wildman–Crippen LogP) is 1.09. The molecule has 0 fully saturated rings. The molecule has 28 heavy (non-hydrogen) atoms. The summed E-state index contributed by atoms with van der Waals surface area (Å²) < 4.78 is 41.2. The van der Waals surface area contributed by atoms with E-state index in [1.807, 2.05) is 10.9 Å². The van der Waals surface area contributed by atoms with Crippen molar-refractivity contribution in [3.05, 3.63) is 48.0 Å². The Morgan fingerprint density at radius 2 is 1.93 bits per heavy atom. The van der Waals surface area contributed by atoms with E-state index in [4.69, 9.17) is 0 Å². The molecule has 0 spiro atoms. The quantitative estimate of drug-likeness (QED) is 0.654. The summed E-state index contributed by atoms with van der Waals surface area (Å²) in [5, 5.41) is 10.2. The van der Waals surface area contributed by atoms with Gasteiger partial charge in [-0.15, -0.1) is 0 Å². The molecule has 2 rings (SSSR count). The molecule has 1 unspecified atom stereocenters. The van der Waals surface area contributed by atoms with E-state index in [1.54, 1.807) is 37.2 Å². The number of hydrogen-bond donors (Lipinski definition) is 3. The topological polar surface area (TPSA) is 99.5 Å². The molecule has 3 N–H and O–H groups in total. The van der Waals surface area contributed by atoms with Gasteiger partial charge in [0.05, 0.1) is 6.42 Å². The lowest BCUT2D eigenvalue weighted by molar-refractivity contribution is -0.271. The molecule has 1 heterocycles. The lowest BCUT2D eigenvalue weighted by Gasteiger charge is -2.29. The van der Waals surface area contributed by atoms with Gasteiger partial charge >= 0.3 is 6.18 Å². The predicted molar refractivity (Wildman–Crippen MR) is 94.2 cm³/mol. The molecule has 0 aliphatic rings. The van der Waals surface area contributed by atoms with Crippen molar-refractivity contribution in [1.29, 1.82) is 0 Å². The van der Waals surface area contributed by atoms with Crippen molar-refractivity contribution in [2.45, 2.75) is 18.2 Å². The molecule has 2 amide bonds. The Morgan fingerprint density at radius 3 is 2.46 bits per heavy atom. The first-order valence-corrected chi connectivity index (χ1v) is 8.09. The lowest BCUT2D eigenvalue weighted by Crippen LogP contribution is -2.50. The van der Waals surface area contributed by atoms with Gasteiger partial charge in [0.2, 0.25) is 11.5 Å². The second-order valence-corrected chi connectivity index (χ2v) is 6.34. The van der Waals surface area contributed by atoms with Crippen LogP contribution in [0.3, 0.4) is 0 Å². The van der Waals surface area contributed by atoms with Crippen LogP contribution in [0.15, 0.2) is 36.7 Å². The fraction of sp³-hybridized carbons (Fsp3) is 0.353. The minimum atomic E-state index is -5.16. The Labute approximate surface area is 158 Å². The maximum absolute atomic E-state index is 13.4. The van der Waals surface area contributed by atoms with E-state index in [-0.39, 0.29) is 5.56 Å². The van der Waals surface area contributed by atoms with Gasteiger partial charge in [0.15, 0.2) is 5.82 Å². The fourth-order valence-electron chi connectivity index (χ4n) is 2.47. The van der Waals surface area contributed by atoms with Crippen LogP contribution in [0.25, 0.3) is 0 Å². The van der Waals surface area contributed by atoms with E-state index in [9.17, 15) is 27.9 Å². The molecule has 1 aromatic carbocycles. The zero-order valence-corrected chi connectivity index (χ0v) is 15.4. The number of benzene rings is 1. The maximum atomic E-state index is 13.4. The highest BCUT2D eigenvalue weighted by Gasteiger charge is 2.58. The van der Waals surface area contributed by atoms with Crippen LogP contribution < -0.4 is 15.8 Å². The summed E-state index contributed by atoms with van der Waals surface area (Å²) >= 11 is 0. The highest BCUT2D eigenvalue weighted by molar-refractivity contribution is 5.96. The third kappa shape index (κ3) is 4.42. The van der Waals surface area contributed by atoms with Crippen molar-refractivity contribution in [3.63, 3.8) is 0 Å². The summed E-state index contributed by atoms with van der Waals surface area (Å²) in [7, 11) is 4.80. The summed E-state index contributed by atoms with van der Waals surface area (Å²) in [5.41, 5.74) is 1.34. The Hall–Kier alpha value is -3.08. The molecule has 8 nitrogen and oxygen atoms in total. The van der Waals surface area contributed by atoms with Crippen LogP contribution in [0.5, 0.6) is 0 Å². The number of aliphatic hydroxyl groups is 1. The number of aryl methyl sites for hydroxylation is 1. The summed E-state index contributed by atoms with van der Waals surface area (Å²) in [4.78, 5) is 29.4. The van der Waals surface area contributed by atoms with Crippen LogP contribution >= 0.6 is 0 Å². The molecule has 0 saturated carbocycles. The highest BCUT2D eigenvalue weighted by Crippen LogP contribution is 2.40. The Balaban J connectivity index is 2.09. The average molecular weight is 399 g/mol. The average Bonchev–Trinajstić information content (AvgIpc) is 3.05. The van der Waals surface area contributed by atoms with Crippen molar-refractivity contribution in [1.82, 2.24) is 20.4 Å². The number of rotatable bonds is 5. The van der Waals surface area contributed by atoms with E-state index in [2.05, 4.69) is 4.98 Å². The monoisotopic (exact) mass is 399 g/mol. The van der Waals surface area contributed by atoms with Crippen molar-refractivity contribution in [2.75, 3.05) is 19.0 Å². The largest absolute Gasteiger partial charge is 0.425 e. The number of anilines is 1. The first-order valence-electron chi connectivity index (χ1n) is 8.09. The van der Waals surface area contributed by atoms with E-state index < -0.39 is 35.8 Å². The number of hydrazine groups is 1. The minimum absolute atomic E-state index is 0.196. The Morgan fingerprint density at radius 1 is 1.25 bits per heavy atom. The number of alkyl halides is 3. The van der Waals surface area contributed by atoms with Gasteiger partial charge in [0.1, 0.15) is 0 Å². The summed E-state index contributed by atoms with van der Waals surface area (Å²) in [6, 6.07) is 6.40. The number of halogens is 3. The van der Waals surface area contributed by atoms with Gasteiger partial charge in [-0.1, -0.05) is 6.07 Å². The normalized spacial score (nSPS) is 13.5. The third-order valence-electron chi connectivity index (χ3n) is 4.02. The molecule has 152 valence electrons. The van der Waals surface area contributed by atoms with E-state index in [1.165, 1.54) is 19.3 Å². The second kappa shape index (κ2) is 7.89. The molecule has 0 aliphatic carbocycles. The van der Waals surface area contributed by atoms with Gasteiger partial charge in [-0.3, -0.25) is 20.4 Å². The molecule has 0 radical (unpaired) electrons. The molecule has 2 aromatic rings. The van der Waals surface area contributed by atoms with E-state index in [0.29, 0.717) is 0 Å². The Kier molecular flexibility index (Phi) is 5.98. The number of nitrogens with zero attached hydrogens (tertiary/aromatic N) is 3. The number of carbonyl (C=O) groups excluding carboxylic acids is 2. The van der Waals surface area contributed by atoms with Gasteiger partial charge in [0.25, 0.3) is 5.91 Å². The summed E-state index contributed by atoms with van der Waals surface area (Å²) in [6.07, 6.45) is -4.25. The first kappa shape index (κ1) is 21.2. The minimum Gasteiger partial charge on any atom is -0.378 e. The molecule has 1 atom stereocenters. The van der Waals surface area contributed by atoms with Crippen LogP contribution in [0, 0.1) is 0 Å². The van der Waals surface area contributed by atoms with Crippen LogP contribution in [0.4, 0.5) is 18.9 Å². The van der Waals surface area contributed by atoms with E-state index in [0.717, 1.165) is 16.5 Å². The zero-order chi connectivity index (χ0) is 21.1. The second-order valence-electron chi connectivity index (χ2n) is 6.34. The number of nitrogens with one attached hydrogen (secondary N) is 2. The molecule has 0 saturated heterocycles. The molecule has 0 bridgehead atoms. The standard InChI is InChI=1S/C17H20F3N5O3/c1-24(2)12-6-4-5-11(9-12)14(27)23-22-13(26)10-16(28,17(18,19)20)15-21-7-8-25(15)3/h4-9,28H,10H2,1-3H3,(H,22,26)(H,23,27). The van der Waals surface area contributed by atoms with Gasteiger partial charge in [-0.2, -0.15) is 13.2 Å². The number of hydrogen-bond acceptors (Lipinski definition) is 5. The van der Waals surface area contributed by atoms with Gasteiger partial charge in [0, 0.05) is 44.8 Å². The summed E-state index contributed by atoms with van der Waals surface area (Å²) in [6.45, 7) is 0. The first-order chi connectivity index (χ1) is 13.0. The van der Waals surface area contributed by atoms with Gasteiger partial charge in [-0.25, -0.2) is 4.98 Å². The van der Waals surface area contributed by atoms with Crippen LogP contribution in [-0.4, -0.2) is 46.7 Å². The van der Waals surface area contributed by atoms with Gasteiger partial charge < -0.3 is 14.6 Å². The van der Waals surface area contributed by atoms with Crippen LogP contribution in [0.1, 0.15) is 22.6 Å². The molecular weight excluding hydrogens is 379 g/mol. The van der Waals surface area contributed by atoms with Crippen LogP contribution in [-0.2, 0) is 17.4 Å². The van der Waals surface area contributed by atoms with Crippen molar-refractivity contribution < 1.29 is 27.9 Å². The SMILES string of the molecule is CN(C)c1cccc(C(=O)NNC(=O)CC(O)(c2nccn2C)C(F)(F)F)c1. The van der Waals surface area contributed by atoms with Gasteiger partial charge in [-0.05, 0) is 18.2 Å². The van der Waals surface area contributed by atoms with Crippen molar-refractivity contribution in [2.24, 2.45) is 7.05 Å². The van der Waals surface area contributed by atoms with E-state index >= 15 is 0 Å². The molecular formula is C17H20F3N5O3. The molecule has 1 aromatic heterocycles. The smallest absolute Gasteiger partial charge is 0.378 e. The Bertz CT molecular complexity index is 866. The number of imidazole rings is 1. The third-order valence-corrected chi connectivity index (χ3v) is 4.02. The van der Waals surface area contributed by atoms with Crippen molar-refractivity contribution in [3.8, 4) is 0 Å². The molecule has 11 heteroatoms. The fourth-order valence-corrected chi connectivity index (χ4v) is 2.47. The van der Waals surface area contributed by atoms with Crippen molar-refractivity contribution >= 4 is 17.5 Å². The lowest BCUT2D eigenvalue weighted by atomic mass is 9.97.